The van der Waals surface area contributed by atoms with E-state index in [1.807, 2.05) is 20.8 Å². The van der Waals surface area contributed by atoms with Crippen molar-refractivity contribution in [3.05, 3.63) is 5.82 Å². The molecular weight excluding hydrogens is 170 g/mol. The summed E-state index contributed by atoms with van der Waals surface area (Å²) in [4.78, 5) is 1.53. The fourth-order valence-electron chi connectivity index (χ4n) is 0.795. The second kappa shape index (κ2) is 3.39. The predicted molar refractivity (Wildman–Crippen MR) is 46.1 cm³/mol. The Morgan fingerprint density at radius 1 is 1.46 bits per heavy atom. The Kier molecular flexibility index (Phi) is 2.63. The average Bonchev–Trinajstić information content (AvgIpc) is 2.32. The third-order valence-electron chi connectivity index (χ3n) is 1.43. The summed E-state index contributed by atoms with van der Waals surface area (Å²) in [5.41, 5.74) is -0.167. The maximum Gasteiger partial charge on any atom is 0.191 e. The Hall–Kier alpha value is -1.01. The summed E-state index contributed by atoms with van der Waals surface area (Å²) in [6.45, 7) is 6.25. The van der Waals surface area contributed by atoms with Gasteiger partial charge in [0.05, 0.1) is 12.1 Å². The van der Waals surface area contributed by atoms with Gasteiger partial charge in [0.1, 0.15) is 0 Å². The van der Waals surface area contributed by atoms with Crippen LogP contribution in [0.5, 0.6) is 0 Å². The lowest BCUT2D eigenvalue weighted by Gasteiger charge is -2.15. The average molecular weight is 185 g/mol. The number of aromatic nitrogens is 4. The highest BCUT2D eigenvalue weighted by molar-refractivity contribution is 4.77. The second-order valence-electron chi connectivity index (χ2n) is 3.98. The van der Waals surface area contributed by atoms with Crippen LogP contribution in [0.2, 0.25) is 0 Å². The molecule has 1 aromatic rings. The summed E-state index contributed by atoms with van der Waals surface area (Å²) in [6, 6.07) is 0. The molecule has 0 aromatic carbocycles. The minimum atomic E-state index is -0.167. The number of hydroxylamine groups is 2. The first-order chi connectivity index (χ1) is 5.89. The molecule has 6 heteroatoms. The zero-order valence-electron chi connectivity index (χ0n) is 8.39. The van der Waals surface area contributed by atoms with Crippen LogP contribution in [0, 0.1) is 0 Å². The van der Waals surface area contributed by atoms with Crippen LogP contribution in [-0.4, -0.2) is 37.5 Å². The predicted octanol–water partition coefficient (Wildman–Crippen LogP) is 0.249. The van der Waals surface area contributed by atoms with Gasteiger partial charge >= 0.3 is 0 Å². The van der Waals surface area contributed by atoms with Crippen LogP contribution in [0.4, 0.5) is 0 Å². The molecule has 0 aliphatic heterocycles. The molecule has 0 spiro atoms. The van der Waals surface area contributed by atoms with E-state index >= 15 is 0 Å². The molecule has 0 amide bonds. The van der Waals surface area contributed by atoms with E-state index in [1.165, 1.54) is 11.8 Å². The Bertz CT molecular complexity index is 275. The van der Waals surface area contributed by atoms with Gasteiger partial charge in [-0.1, -0.05) is 0 Å². The maximum absolute atomic E-state index is 8.93. The smallest absolute Gasteiger partial charge is 0.191 e. The zero-order chi connectivity index (χ0) is 10.1. The lowest BCUT2D eigenvalue weighted by Crippen LogP contribution is -2.25. The highest BCUT2D eigenvalue weighted by Gasteiger charge is 2.16. The molecule has 1 N–H and O–H groups in total. The van der Waals surface area contributed by atoms with Crippen LogP contribution in [-0.2, 0) is 12.1 Å². The van der Waals surface area contributed by atoms with Gasteiger partial charge in [-0.15, -0.1) is 10.2 Å². The van der Waals surface area contributed by atoms with Crippen molar-refractivity contribution in [2.75, 3.05) is 7.05 Å². The molecule has 0 fully saturated rings. The van der Waals surface area contributed by atoms with E-state index in [0.29, 0.717) is 5.82 Å². The molecule has 0 radical (unpaired) electrons. The van der Waals surface area contributed by atoms with Crippen molar-refractivity contribution < 1.29 is 5.21 Å². The van der Waals surface area contributed by atoms with Gasteiger partial charge in [0.2, 0.25) is 0 Å². The number of rotatable bonds is 2. The minimum absolute atomic E-state index is 0.167. The third-order valence-corrected chi connectivity index (χ3v) is 1.43. The summed E-state index contributed by atoms with van der Waals surface area (Å²) in [7, 11) is 1.54. The molecule has 0 saturated carbocycles. The van der Waals surface area contributed by atoms with Crippen LogP contribution >= 0.6 is 0 Å². The van der Waals surface area contributed by atoms with Crippen LogP contribution in [0.25, 0.3) is 0 Å². The van der Waals surface area contributed by atoms with Crippen molar-refractivity contribution in [3.8, 4) is 0 Å². The first-order valence-corrected chi connectivity index (χ1v) is 4.09. The Morgan fingerprint density at radius 3 is 2.46 bits per heavy atom. The van der Waals surface area contributed by atoms with Gasteiger partial charge in [-0.05, 0) is 26.0 Å². The van der Waals surface area contributed by atoms with E-state index in [9.17, 15) is 0 Å². The molecule has 0 unspecified atom stereocenters. The van der Waals surface area contributed by atoms with Crippen LogP contribution in [0.1, 0.15) is 26.6 Å². The van der Waals surface area contributed by atoms with Gasteiger partial charge in [0, 0.05) is 7.05 Å². The van der Waals surface area contributed by atoms with Crippen LogP contribution in [0.3, 0.4) is 0 Å². The normalized spacial score (nSPS) is 12.5. The molecule has 1 heterocycles. The second-order valence-corrected chi connectivity index (χ2v) is 3.98. The van der Waals surface area contributed by atoms with E-state index in [0.717, 1.165) is 5.06 Å². The van der Waals surface area contributed by atoms with E-state index in [1.54, 1.807) is 0 Å². The van der Waals surface area contributed by atoms with Crippen molar-refractivity contribution in [2.45, 2.75) is 32.9 Å². The van der Waals surface area contributed by atoms with Crippen LogP contribution in [0.15, 0.2) is 0 Å². The Balaban J connectivity index is 2.75. The largest absolute Gasteiger partial charge is 0.314 e. The highest BCUT2D eigenvalue weighted by Crippen LogP contribution is 2.09. The van der Waals surface area contributed by atoms with Crippen LogP contribution < -0.4 is 0 Å². The quantitative estimate of drug-likeness (QED) is 0.669. The molecule has 13 heavy (non-hydrogen) atoms. The third kappa shape index (κ3) is 2.74. The molecule has 1 rings (SSSR count). The van der Waals surface area contributed by atoms with Crippen molar-refractivity contribution in [2.24, 2.45) is 0 Å². The lowest BCUT2D eigenvalue weighted by molar-refractivity contribution is -0.0751. The van der Waals surface area contributed by atoms with E-state index < -0.39 is 0 Å². The molecule has 0 aliphatic carbocycles. The van der Waals surface area contributed by atoms with Crippen molar-refractivity contribution in [1.29, 1.82) is 0 Å². The van der Waals surface area contributed by atoms with Gasteiger partial charge in [-0.3, -0.25) is 0 Å². The molecule has 0 saturated heterocycles. The number of tetrazole rings is 1. The number of hydrogen-bond acceptors (Lipinski definition) is 5. The Morgan fingerprint density at radius 2 is 2.08 bits per heavy atom. The summed E-state index contributed by atoms with van der Waals surface area (Å²) < 4.78 is 0. The molecule has 0 bridgehead atoms. The van der Waals surface area contributed by atoms with Gasteiger partial charge in [0.25, 0.3) is 0 Å². The molecule has 0 aliphatic rings. The van der Waals surface area contributed by atoms with E-state index in [4.69, 9.17) is 5.21 Å². The molecule has 6 nitrogen and oxygen atoms in total. The molecule has 74 valence electrons. The van der Waals surface area contributed by atoms with Gasteiger partial charge in [-0.25, -0.2) is 0 Å². The summed E-state index contributed by atoms with van der Waals surface area (Å²) in [5, 5.41) is 21.7. The standard InChI is InChI=1S/C7H15N5O/c1-7(2,3)12-9-6(8-10-12)5-11(4)13/h13H,5H2,1-4H3. The van der Waals surface area contributed by atoms with E-state index in [2.05, 4.69) is 15.4 Å². The summed E-state index contributed by atoms with van der Waals surface area (Å²) in [6.07, 6.45) is 0. The first-order valence-electron chi connectivity index (χ1n) is 4.09. The monoisotopic (exact) mass is 185 g/mol. The molecular formula is C7H15N5O. The Labute approximate surface area is 77.1 Å². The lowest BCUT2D eigenvalue weighted by atomic mass is 10.1. The van der Waals surface area contributed by atoms with E-state index in [-0.39, 0.29) is 12.1 Å². The number of hydrogen-bond donors (Lipinski definition) is 1. The van der Waals surface area contributed by atoms with Gasteiger partial charge in [0.15, 0.2) is 5.82 Å². The highest BCUT2D eigenvalue weighted by atomic mass is 16.5. The molecule has 0 atom stereocenters. The SMILES string of the molecule is CN(O)Cc1nnn(C(C)(C)C)n1. The first kappa shape index (κ1) is 10.1. The van der Waals surface area contributed by atoms with Crippen molar-refractivity contribution in [1.82, 2.24) is 25.3 Å². The zero-order valence-corrected chi connectivity index (χ0v) is 8.39. The van der Waals surface area contributed by atoms with Crippen molar-refractivity contribution >= 4 is 0 Å². The topological polar surface area (TPSA) is 67.1 Å². The van der Waals surface area contributed by atoms with Gasteiger partial charge in [-0.2, -0.15) is 9.86 Å². The molecule has 1 aromatic heterocycles. The van der Waals surface area contributed by atoms with Crippen molar-refractivity contribution in [3.63, 3.8) is 0 Å². The summed E-state index contributed by atoms with van der Waals surface area (Å²) >= 11 is 0. The maximum atomic E-state index is 8.93. The number of nitrogens with zero attached hydrogens (tertiary/aromatic N) is 5. The fraction of sp³-hybridized carbons (Fsp3) is 0.857. The van der Waals surface area contributed by atoms with Gasteiger partial charge < -0.3 is 5.21 Å². The minimum Gasteiger partial charge on any atom is -0.314 e. The fourth-order valence-corrected chi connectivity index (χ4v) is 0.795. The summed E-state index contributed by atoms with van der Waals surface area (Å²) in [5.74, 6) is 0.514.